The number of aliphatic hydroxyl groups excluding tert-OH is 1. The Hall–Kier alpha value is -5.45. The molecule has 0 aliphatic heterocycles. The molecule has 0 bridgehead atoms. The molecule has 0 aliphatic carbocycles. The predicted octanol–water partition coefficient (Wildman–Crippen LogP) is 6.09. The lowest BCUT2D eigenvalue weighted by Crippen LogP contribution is -2.43. The van der Waals surface area contributed by atoms with E-state index in [9.17, 15) is 14.7 Å². The molecule has 220 valence electrons. The Labute approximate surface area is 257 Å². The number of carbonyl (C=O) groups excluding carboxylic acids is 2. The minimum atomic E-state index is -0.880. The number of carbonyl (C=O) groups is 2. The number of rotatable bonds is 12. The number of hydrogen-bond acceptors (Lipinski definition) is 5. The second-order valence-electron chi connectivity index (χ2n) is 10.6. The SMILES string of the molecule is N#Cc1ccc(-c2ccc(-c3ccn(C(CC(=O)OCc4ccccc4)C(=O)NC(CO)Cc4ccccc4)c3)cc2)cc1. The normalized spacial score (nSPS) is 12.1. The number of aliphatic hydroxyl groups is 1. The topological polar surface area (TPSA) is 104 Å². The summed E-state index contributed by atoms with van der Waals surface area (Å²) in [5.41, 5.74) is 6.31. The van der Waals surface area contributed by atoms with Gasteiger partial charge in [-0.2, -0.15) is 5.26 Å². The Morgan fingerprint density at radius 3 is 1.93 bits per heavy atom. The van der Waals surface area contributed by atoms with Crippen LogP contribution in [0, 0.1) is 11.3 Å². The monoisotopic (exact) mass is 583 g/mol. The second kappa shape index (κ2) is 14.6. The van der Waals surface area contributed by atoms with Crippen molar-refractivity contribution in [1.29, 1.82) is 5.26 Å². The van der Waals surface area contributed by atoms with E-state index < -0.39 is 18.1 Å². The summed E-state index contributed by atoms with van der Waals surface area (Å²) in [6.07, 6.45) is 3.91. The summed E-state index contributed by atoms with van der Waals surface area (Å²) >= 11 is 0. The fourth-order valence-electron chi connectivity index (χ4n) is 5.02. The van der Waals surface area contributed by atoms with Crippen LogP contribution >= 0.6 is 0 Å². The highest BCUT2D eigenvalue weighted by molar-refractivity contribution is 5.86. The number of nitrogens with one attached hydrogen (secondary N) is 1. The molecule has 1 aromatic heterocycles. The first-order valence-corrected chi connectivity index (χ1v) is 14.5. The molecule has 2 N–H and O–H groups in total. The van der Waals surface area contributed by atoms with Crippen molar-refractivity contribution in [3.05, 3.63) is 144 Å². The van der Waals surface area contributed by atoms with Crippen LogP contribution in [-0.2, 0) is 27.4 Å². The van der Waals surface area contributed by atoms with Gasteiger partial charge in [-0.25, -0.2) is 0 Å². The van der Waals surface area contributed by atoms with Gasteiger partial charge in [-0.15, -0.1) is 0 Å². The maximum atomic E-state index is 13.6. The van der Waals surface area contributed by atoms with Crippen molar-refractivity contribution in [2.24, 2.45) is 0 Å². The van der Waals surface area contributed by atoms with Gasteiger partial charge < -0.3 is 19.7 Å². The number of nitrogens with zero attached hydrogens (tertiary/aromatic N) is 2. The molecule has 5 rings (SSSR count). The molecule has 0 spiro atoms. The molecular formula is C37H33N3O4. The fraction of sp³-hybridized carbons (Fsp3) is 0.162. The van der Waals surface area contributed by atoms with Crippen LogP contribution in [0.2, 0.25) is 0 Å². The number of amides is 1. The van der Waals surface area contributed by atoms with Gasteiger partial charge in [0.15, 0.2) is 0 Å². The highest BCUT2D eigenvalue weighted by Crippen LogP contribution is 2.27. The van der Waals surface area contributed by atoms with Crippen molar-refractivity contribution in [3.63, 3.8) is 0 Å². The lowest BCUT2D eigenvalue weighted by atomic mass is 10.0. The van der Waals surface area contributed by atoms with Gasteiger partial charge in [-0.05, 0) is 58.0 Å². The van der Waals surface area contributed by atoms with Crippen LogP contribution in [0.5, 0.6) is 0 Å². The van der Waals surface area contributed by atoms with Gasteiger partial charge in [-0.1, -0.05) is 97.1 Å². The zero-order valence-electron chi connectivity index (χ0n) is 24.2. The first-order chi connectivity index (χ1) is 21.5. The minimum absolute atomic E-state index is 0.115. The predicted molar refractivity (Wildman–Crippen MR) is 169 cm³/mol. The Morgan fingerprint density at radius 1 is 0.773 bits per heavy atom. The van der Waals surface area contributed by atoms with E-state index in [1.807, 2.05) is 109 Å². The molecule has 7 heteroatoms. The van der Waals surface area contributed by atoms with Gasteiger partial charge >= 0.3 is 5.97 Å². The van der Waals surface area contributed by atoms with Gasteiger partial charge in [0.2, 0.25) is 5.91 Å². The zero-order valence-corrected chi connectivity index (χ0v) is 24.2. The lowest BCUT2D eigenvalue weighted by Gasteiger charge is -2.22. The molecule has 0 aliphatic rings. The van der Waals surface area contributed by atoms with E-state index in [0.29, 0.717) is 12.0 Å². The minimum Gasteiger partial charge on any atom is -0.461 e. The van der Waals surface area contributed by atoms with Crippen LogP contribution in [0.4, 0.5) is 0 Å². The van der Waals surface area contributed by atoms with Crippen molar-refractivity contribution in [2.45, 2.75) is 31.5 Å². The molecular weight excluding hydrogens is 550 g/mol. The smallest absolute Gasteiger partial charge is 0.308 e. The van der Waals surface area contributed by atoms with Gasteiger partial charge in [0.1, 0.15) is 12.6 Å². The highest BCUT2D eigenvalue weighted by Gasteiger charge is 2.27. The summed E-state index contributed by atoms with van der Waals surface area (Å²) in [6, 6.07) is 37.1. The molecule has 44 heavy (non-hydrogen) atoms. The molecule has 5 aromatic rings. The number of benzene rings is 4. The summed E-state index contributed by atoms with van der Waals surface area (Å²) in [5, 5.41) is 22.0. The van der Waals surface area contributed by atoms with E-state index in [-0.39, 0.29) is 25.5 Å². The molecule has 4 aromatic carbocycles. The molecule has 2 atom stereocenters. The Morgan fingerprint density at radius 2 is 1.34 bits per heavy atom. The van der Waals surface area contributed by atoms with E-state index in [4.69, 9.17) is 10.00 Å². The Kier molecular flexibility index (Phi) is 9.98. The second-order valence-corrected chi connectivity index (χ2v) is 10.6. The van der Waals surface area contributed by atoms with E-state index in [1.54, 1.807) is 22.9 Å². The lowest BCUT2D eigenvalue weighted by molar-refractivity contribution is -0.147. The van der Waals surface area contributed by atoms with Crippen molar-refractivity contribution in [3.8, 4) is 28.3 Å². The Balaban J connectivity index is 1.33. The summed E-state index contributed by atoms with van der Waals surface area (Å²) in [4.78, 5) is 26.6. The van der Waals surface area contributed by atoms with Gasteiger partial charge in [0.05, 0.1) is 30.7 Å². The number of aromatic nitrogens is 1. The summed E-state index contributed by atoms with van der Waals surface area (Å²) in [6.45, 7) is -0.127. The average molecular weight is 584 g/mol. The average Bonchev–Trinajstić information content (AvgIpc) is 3.57. The first kappa shape index (κ1) is 30.0. The highest BCUT2D eigenvalue weighted by atomic mass is 16.5. The zero-order chi connectivity index (χ0) is 30.7. The summed E-state index contributed by atoms with van der Waals surface area (Å²) in [5.74, 6) is -0.880. The Bertz CT molecular complexity index is 1710. The molecule has 0 saturated heterocycles. The van der Waals surface area contributed by atoms with E-state index >= 15 is 0 Å². The fourth-order valence-corrected chi connectivity index (χ4v) is 5.02. The molecule has 0 saturated carbocycles. The van der Waals surface area contributed by atoms with Crippen molar-refractivity contribution in [2.75, 3.05) is 6.61 Å². The van der Waals surface area contributed by atoms with Crippen LogP contribution in [0.15, 0.2) is 128 Å². The van der Waals surface area contributed by atoms with Crippen LogP contribution in [0.1, 0.15) is 29.2 Å². The first-order valence-electron chi connectivity index (χ1n) is 14.5. The molecule has 0 fully saturated rings. The standard InChI is InChI=1S/C37H33N3O4/c38-23-28-11-13-30(14-12-28)31-15-17-32(18-16-31)33-19-20-40(24-33)35(22-36(42)44-26-29-9-5-2-6-10-29)37(43)39-34(25-41)21-27-7-3-1-4-8-27/h1-20,24,34-35,41H,21-22,25-26H2,(H,39,43). The number of esters is 1. The summed E-state index contributed by atoms with van der Waals surface area (Å²) < 4.78 is 7.24. The van der Waals surface area contributed by atoms with Crippen LogP contribution in [0.3, 0.4) is 0 Å². The van der Waals surface area contributed by atoms with Crippen LogP contribution < -0.4 is 5.32 Å². The third-order valence-corrected chi connectivity index (χ3v) is 7.44. The summed E-state index contributed by atoms with van der Waals surface area (Å²) in [7, 11) is 0. The van der Waals surface area contributed by atoms with Gasteiger partial charge in [-0.3, -0.25) is 9.59 Å². The number of hydrogen-bond donors (Lipinski definition) is 2. The third-order valence-electron chi connectivity index (χ3n) is 7.44. The maximum absolute atomic E-state index is 13.6. The quantitative estimate of drug-likeness (QED) is 0.173. The molecule has 7 nitrogen and oxygen atoms in total. The molecule has 1 heterocycles. The van der Waals surface area contributed by atoms with Crippen molar-refractivity contribution >= 4 is 11.9 Å². The van der Waals surface area contributed by atoms with E-state index in [0.717, 1.165) is 33.4 Å². The van der Waals surface area contributed by atoms with Gasteiger partial charge in [0, 0.05) is 12.4 Å². The van der Waals surface area contributed by atoms with Gasteiger partial charge in [0.25, 0.3) is 0 Å². The van der Waals surface area contributed by atoms with E-state index in [1.165, 1.54) is 0 Å². The third kappa shape index (κ3) is 7.88. The van der Waals surface area contributed by atoms with Crippen LogP contribution in [0.25, 0.3) is 22.3 Å². The largest absolute Gasteiger partial charge is 0.461 e. The molecule has 0 radical (unpaired) electrons. The van der Waals surface area contributed by atoms with Crippen LogP contribution in [-0.4, -0.2) is 34.2 Å². The molecule has 2 unspecified atom stereocenters. The maximum Gasteiger partial charge on any atom is 0.308 e. The van der Waals surface area contributed by atoms with E-state index in [2.05, 4.69) is 11.4 Å². The molecule has 1 amide bonds. The number of ether oxygens (including phenoxy) is 1. The van der Waals surface area contributed by atoms with Crippen molar-refractivity contribution in [1.82, 2.24) is 9.88 Å². The van der Waals surface area contributed by atoms with Crippen molar-refractivity contribution < 1.29 is 19.4 Å². The number of nitriles is 1.